The lowest BCUT2D eigenvalue weighted by Crippen LogP contribution is -2.52. The Morgan fingerprint density at radius 1 is 1.12 bits per heavy atom. The predicted octanol–water partition coefficient (Wildman–Crippen LogP) is 3.27. The molecule has 2 aromatic rings. The molecule has 1 aliphatic heterocycles. The van der Waals surface area contributed by atoms with Gasteiger partial charge in [0.15, 0.2) is 0 Å². The number of hydrogen-bond acceptors (Lipinski definition) is 5. The molecule has 0 aromatic heterocycles. The maximum atomic E-state index is 13.1. The summed E-state index contributed by atoms with van der Waals surface area (Å²) in [4.78, 5) is 26.3. The molecule has 1 saturated heterocycles. The first kappa shape index (κ1) is 25.7. The van der Waals surface area contributed by atoms with Gasteiger partial charge in [-0.15, -0.1) is 0 Å². The molecule has 2 aromatic carbocycles. The molecule has 0 spiro atoms. The molecular weight excluding hydrogens is 454 g/mol. The summed E-state index contributed by atoms with van der Waals surface area (Å²) in [5.74, 6) is -0.636. The average molecular weight is 488 g/mol. The van der Waals surface area contributed by atoms with Crippen molar-refractivity contribution < 1.29 is 22.7 Å². The van der Waals surface area contributed by atoms with Gasteiger partial charge >= 0.3 is 0 Å². The number of carbonyl (C=O) groups is 2. The minimum Gasteiger partial charge on any atom is -0.497 e. The van der Waals surface area contributed by atoms with Crippen molar-refractivity contribution in [1.82, 2.24) is 9.62 Å². The van der Waals surface area contributed by atoms with Crippen molar-refractivity contribution in [3.63, 3.8) is 0 Å². The molecule has 3 atom stereocenters. The summed E-state index contributed by atoms with van der Waals surface area (Å²) < 4.78 is 32.7. The number of sulfonamides is 1. The Kier molecular flexibility index (Phi) is 8.68. The molecule has 9 heteroatoms. The van der Waals surface area contributed by atoms with E-state index in [4.69, 9.17) is 4.74 Å². The Labute approximate surface area is 201 Å². The minimum atomic E-state index is -3.74. The van der Waals surface area contributed by atoms with Crippen LogP contribution in [0.25, 0.3) is 0 Å². The maximum absolute atomic E-state index is 13.1. The van der Waals surface area contributed by atoms with Crippen LogP contribution in [0, 0.1) is 11.8 Å². The topological polar surface area (TPSA) is 105 Å². The molecule has 0 aliphatic carbocycles. The van der Waals surface area contributed by atoms with Gasteiger partial charge in [-0.3, -0.25) is 9.59 Å². The number of nitrogens with zero attached hydrogens (tertiary/aromatic N) is 1. The predicted molar refractivity (Wildman–Crippen MR) is 131 cm³/mol. The van der Waals surface area contributed by atoms with Crippen LogP contribution in [-0.4, -0.2) is 50.8 Å². The standard InChI is InChI=1S/C25H33N3O5S/c1-4-18(2)23(25(30)26-20-10-6-5-7-11-20)27-24(29)19-9-8-16-28(17-19)34(31,32)22-14-12-21(33-3)13-15-22/h5-7,10-15,18-19,23H,4,8-9,16-17H2,1-3H3,(H,26,30)(H,27,29)/t18?,19?,23-/m0/s1. The number of methoxy groups -OCH3 is 1. The minimum absolute atomic E-state index is 0.0771. The van der Waals surface area contributed by atoms with E-state index in [1.807, 2.05) is 32.0 Å². The van der Waals surface area contributed by atoms with Crippen molar-refractivity contribution >= 4 is 27.5 Å². The highest BCUT2D eigenvalue weighted by Gasteiger charge is 2.35. The van der Waals surface area contributed by atoms with Gasteiger partial charge in [-0.1, -0.05) is 38.5 Å². The Bertz CT molecular complexity index is 1070. The largest absolute Gasteiger partial charge is 0.497 e. The highest BCUT2D eigenvalue weighted by Crippen LogP contribution is 2.25. The van der Waals surface area contributed by atoms with Crippen molar-refractivity contribution in [3.8, 4) is 5.75 Å². The van der Waals surface area contributed by atoms with E-state index in [-0.39, 0.29) is 29.2 Å². The van der Waals surface area contributed by atoms with Crippen molar-refractivity contribution in [2.24, 2.45) is 11.8 Å². The molecule has 1 heterocycles. The summed E-state index contributed by atoms with van der Waals surface area (Å²) in [5.41, 5.74) is 0.657. The van der Waals surface area contributed by atoms with Crippen LogP contribution < -0.4 is 15.4 Å². The number of piperidine rings is 1. The number of hydrogen-bond donors (Lipinski definition) is 2. The van der Waals surface area contributed by atoms with Crippen LogP contribution in [0.3, 0.4) is 0 Å². The quantitative estimate of drug-likeness (QED) is 0.565. The van der Waals surface area contributed by atoms with Crippen molar-refractivity contribution in [2.45, 2.75) is 44.0 Å². The highest BCUT2D eigenvalue weighted by molar-refractivity contribution is 7.89. The van der Waals surface area contributed by atoms with E-state index in [2.05, 4.69) is 10.6 Å². The third-order valence-corrected chi connectivity index (χ3v) is 8.17. The van der Waals surface area contributed by atoms with Crippen LogP contribution in [0.15, 0.2) is 59.5 Å². The monoisotopic (exact) mass is 487 g/mol. The van der Waals surface area contributed by atoms with E-state index in [0.717, 1.165) is 0 Å². The second-order valence-electron chi connectivity index (χ2n) is 8.60. The van der Waals surface area contributed by atoms with Gasteiger partial charge in [-0.25, -0.2) is 8.42 Å². The zero-order chi connectivity index (χ0) is 24.7. The fraction of sp³-hybridized carbons (Fsp3) is 0.440. The van der Waals surface area contributed by atoms with Crippen LogP contribution >= 0.6 is 0 Å². The van der Waals surface area contributed by atoms with Crippen LogP contribution in [0.2, 0.25) is 0 Å². The lowest BCUT2D eigenvalue weighted by atomic mass is 9.94. The SMILES string of the molecule is CCC(C)[C@H](NC(=O)C1CCCN(S(=O)(=O)c2ccc(OC)cc2)C1)C(=O)Nc1ccccc1. The second kappa shape index (κ2) is 11.5. The van der Waals surface area contributed by atoms with Gasteiger partial charge < -0.3 is 15.4 Å². The normalized spacial score (nSPS) is 18.5. The van der Waals surface area contributed by atoms with Crippen LogP contribution in [0.5, 0.6) is 5.75 Å². The number of benzene rings is 2. The summed E-state index contributed by atoms with van der Waals surface area (Å²) in [5, 5.41) is 5.75. The van der Waals surface area contributed by atoms with Crippen LogP contribution in [0.1, 0.15) is 33.1 Å². The molecule has 2 N–H and O–H groups in total. The van der Waals surface area contributed by atoms with Gasteiger partial charge in [0.05, 0.1) is 17.9 Å². The summed E-state index contributed by atoms with van der Waals surface area (Å²) in [6, 6.07) is 14.6. The Hall–Kier alpha value is -2.91. The third kappa shape index (κ3) is 6.15. The van der Waals surface area contributed by atoms with E-state index in [9.17, 15) is 18.0 Å². The fourth-order valence-corrected chi connectivity index (χ4v) is 5.51. The lowest BCUT2D eigenvalue weighted by molar-refractivity contribution is -0.131. The molecular formula is C25H33N3O5S. The zero-order valence-corrected chi connectivity index (χ0v) is 20.7. The summed E-state index contributed by atoms with van der Waals surface area (Å²) in [7, 11) is -2.22. The van der Waals surface area contributed by atoms with E-state index < -0.39 is 22.0 Å². The average Bonchev–Trinajstić information content (AvgIpc) is 2.87. The molecule has 8 nitrogen and oxygen atoms in total. The van der Waals surface area contributed by atoms with E-state index in [0.29, 0.717) is 37.2 Å². The first-order valence-electron chi connectivity index (χ1n) is 11.6. The van der Waals surface area contributed by atoms with Crippen molar-refractivity contribution in [2.75, 3.05) is 25.5 Å². The van der Waals surface area contributed by atoms with Gasteiger partial charge in [0, 0.05) is 18.8 Å². The summed E-state index contributed by atoms with van der Waals surface area (Å²) >= 11 is 0. The molecule has 0 saturated carbocycles. The molecule has 2 amide bonds. The van der Waals surface area contributed by atoms with Crippen molar-refractivity contribution in [3.05, 3.63) is 54.6 Å². The van der Waals surface area contributed by atoms with Crippen LogP contribution in [0.4, 0.5) is 5.69 Å². The molecule has 0 radical (unpaired) electrons. The molecule has 0 bridgehead atoms. The van der Waals surface area contributed by atoms with Gasteiger partial charge in [0.2, 0.25) is 21.8 Å². The van der Waals surface area contributed by atoms with Crippen molar-refractivity contribution in [1.29, 1.82) is 0 Å². The number of carbonyl (C=O) groups excluding carboxylic acids is 2. The molecule has 2 unspecified atom stereocenters. The highest BCUT2D eigenvalue weighted by atomic mass is 32.2. The van der Waals surface area contributed by atoms with Crippen LogP contribution in [-0.2, 0) is 19.6 Å². The number of para-hydroxylation sites is 1. The maximum Gasteiger partial charge on any atom is 0.247 e. The Balaban J connectivity index is 1.70. The molecule has 3 rings (SSSR count). The molecule has 34 heavy (non-hydrogen) atoms. The molecule has 184 valence electrons. The molecule has 1 aliphatic rings. The fourth-order valence-electron chi connectivity index (χ4n) is 3.99. The number of ether oxygens (including phenoxy) is 1. The number of anilines is 1. The number of nitrogens with one attached hydrogen (secondary N) is 2. The van der Waals surface area contributed by atoms with E-state index in [1.165, 1.54) is 23.5 Å². The van der Waals surface area contributed by atoms with E-state index >= 15 is 0 Å². The Morgan fingerprint density at radius 2 is 1.79 bits per heavy atom. The summed E-state index contributed by atoms with van der Waals surface area (Å²) in [6.45, 7) is 4.30. The van der Waals surface area contributed by atoms with E-state index in [1.54, 1.807) is 24.3 Å². The first-order valence-corrected chi connectivity index (χ1v) is 13.0. The smallest absolute Gasteiger partial charge is 0.247 e. The van der Waals surface area contributed by atoms with Gasteiger partial charge in [0.25, 0.3) is 0 Å². The first-order chi connectivity index (χ1) is 16.3. The molecule has 1 fully saturated rings. The lowest BCUT2D eigenvalue weighted by Gasteiger charge is -2.33. The van der Waals surface area contributed by atoms with Gasteiger partial charge in [-0.05, 0) is 55.2 Å². The van der Waals surface area contributed by atoms with Gasteiger partial charge in [-0.2, -0.15) is 4.31 Å². The number of rotatable bonds is 9. The zero-order valence-electron chi connectivity index (χ0n) is 19.9. The van der Waals surface area contributed by atoms with Gasteiger partial charge in [0.1, 0.15) is 11.8 Å². The summed E-state index contributed by atoms with van der Waals surface area (Å²) in [6.07, 6.45) is 1.83. The third-order valence-electron chi connectivity index (χ3n) is 6.29. The second-order valence-corrected chi connectivity index (χ2v) is 10.5. The Morgan fingerprint density at radius 3 is 2.41 bits per heavy atom. The number of amides is 2.